The van der Waals surface area contributed by atoms with E-state index in [-0.39, 0.29) is 5.91 Å². The molecule has 0 unspecified atom stereocenters. The summed E-state index contributed by atoms with van der Waals surface area (Å²) in [4.78, 5) is 23.1. The highest BCUT2D eigenvalue weighted by molar-refractivity contribution is 6.02. The van der Waals surface area contributed by atoms with Gasteiger partial charge in [-0.1, -0.05) is 12.1 Å². The number of anilines is 1. The van der Waals surface area contributed by atoms with Crippen LogP contribution in [0.5, 0.6) is 0 Å². The van der Waals surface area contributed by atoms with Crippen LogP contribution in [0, 0.1) is 11.8 Å². The van der Waals surface area contributed by atoms with Gasteiger partial charge in [-0.25, -0.2) is 0 Å². The number of hydrogen-bond acceptors (Lipinski definition) is 3. The van der Waals surface area contributed by atoms with Crippen LogP contribution in [0.1, 0.15) is 12.8 Å². The van der Waals surface area contributed by atoms with Crippen molar-refractivity contribution in [1.82, 2.24) is 9.78 Å². The Morgan fingerprint density at radius 1 is 1.30 bits per heavy atom. The lowest BCUT2D eigenvalue weighted by atomic mass is 9.73. The van der Waals surface area contributed by atoms with Crippen LogP contribution in [0.4, 0.5) is 5.82 Å². The Morgan fingerprint density at radius 3 is 2.65 bits per heavy atom. The molecule has 6 nitrogen and oxygen atoms in total. The van der Waals surface area contributed by atoms with Crippen molar-refractivity contribution in [1.29, 1.82) is 0 Å². The van der Waals surface area contributed by atoms with Crippen molar-refractivity contribution in [3.05, 3.63) is 24.3 Å². The second kappa shape index (κ2) is 4.63. The van der Waals surface area contributed by atoms with Gasteiger partial charge in [0.15, 0.2) is 5.82 Å². The molecule has 1 aromatic heterocycles. The van der Waals surface area contributed by atoms with Gasteiger partial charge in [0, 0.05) is 12.4 Å². The van der Waals surface area contributed by atoms with Gasteiger partial charge in [0.05, 0.1) is 17.4 Å². The molecule has 6 heteroatoms. The van der Waals surface area contributed by atoms with E-state index < -0.39 is 17.8 Å². The summed E-state index contributed by atoms with van der Waals surface area (Å²) >= 11 is 0. The summed E-state index contributed by atoms with van der Waals surface area (Å²) in [6, 6.07) is 7.58. The first kappa shape index (κ1) is 12.7. The fourth-order valence-electron chi connectivity index (χ4n) is 2.62. The van der Waals surface area contributed by atoms with Gasteiger partial charge in [-0.05, 0) is 25.0 Å². The minimum Gasteiger partial charge on any atom is -0.481 e. The average molecular weight is 273 g/mol. The van der Waals surface area contributed by atoms with Crippen LogP contribution in [0.25, 0.3) is 10.9 Å². The highest BCUT2D eigenvalue weighted by atomic mass is 16.4. The van der Waals surface area contributed by atoms with Crippen molar-refractivity contribution in [3.8, 4) is 0 Å². The van der Waals surface area contributed by atoms with E-state index in [1.54, 1.807) is 11.7 Å². The van der Waals surface area contributed by atoms with Crippen molar-refractivity contribution in [2.45, 2.75) is 12.8 Å². The number of amides is 1. The van der Waals surface area contributed by atoms with E-state index in [0.29, 0.717) is 18.7 Å². The van der Waals surface area contributed by atoms with Crippen molar-refractivity contribution in [2.24, 2.45) is 18.9 Å². The van der Waals surface area contributed by atoms with Gasteiger partial charge in [-0.2, -0.15) is 5.10 Å². The Balaban J connectivity index is 1.83. The maximum absolute atomic E-state index is 12.1. The highest BCUT2D eigenvalue weighted by Crippen LogP contribution is 2.35. The molecule has 2 aromatic rings. The number of carbonyl (C=O) groups is 2. The largest absolute Gasteiger partial charge is 0.481 e. The first-order chi connectivity index (χ1) is 9.58. The number of para-hydroxylation sites is 1. The predicted octanol–water partition coefficient (Wildman–Crippen LogP) is 1.62. The quantitative estimate of drug-likeness (QED) is 0.890. The number of carboxylic acids is 1. The van der Waals surface area contributed by atoms with Crippen molar-refractivity contribution in [3.63, 3.8) is 0 Å². The van der Waals surface area contributed by atoms with Crippen molar-refractivity contribution in [2.75, 3.05) is 5.32 Å². The predicted molar refractivity (Wildman–Crippen MR) is 73.2 cm³/mol. The molecule has 1 aliphatic rings. The molecule has 0 bridgehead atoms. The van der Waals surface area contributed by atoms with Gasteiger partial charge in [0.1, 0.15) is 0 Å². The Kier molecular flexibility index (Phi) is 2.93. The average Bonchev–Trinajstić information content (AvgIpc) is 2.65. The molecule has 1 aliphatic carbocycles. The zero-order valence-electron chi connectivity index (χ0n) is 11.0. The SMILES string of the molecule is Cn1nc(NC(=O)[C@@H]2CC[C@H]2C(=O)O)c2ccccc21. The van der Waals surface area contributed by atoms with E-state index in [0.717, 1.165) is 10.9 Å². The lowest BCUT2D eigenvalue weighted by molar-refractivity contribution is -0.151. The van der Waals surface area contributed by atoms with Gasteiger partial charge in [-0.3, -0.25) is 14.3 Å². The Hall–Kier alpha value is -2.37. The van der Waals surface area contributed by atoms with E-state index >= 15 is 0 Å². The number of aryl methyl sites for hydroxylation is 1. The van der Waals surface area contributed by atoms with Gasteiger partial charge in [0.25, 0.3) is 0 Å². The molecule has 0 saturated heterocycles. The summed E-state index contributed by atoms with van der Waals surface area (Å²) in [6.07, 6.45) is 1.18. The maximum atomic E-state index is 12.1. The molecule has 0 radical (unpaired) electrons. The molecule has 2 N–H and O–H groups in total. The maximum Gasteiger partial charge on any atom is 0.307 e. The number of aromatic nitrogens is 2. The van der Waals surface area contributed by atoms with E-state index in [2.05, 4.69) is 10.4 Å². The zero-order chi connectivity index (χ0) is 14.3. The smallest absolute Gasteiger partial charge is 0.307 e. The molecule has 2 atom stereocenters. The summed E-state index contributed by atoms with van der Waals surface area (Å²) in [5.41, 5.74) is 0.922. The fourth-order valence-corrected chi connectivity index (χ4v) is 2.62. The number of benzene rings is 1. The minimum atomic E-state index is -0.901. The van der Waals surface area contributed by atoms with Crippen LogP contribution in [0.2, 0.25) is 0 Å². The summed E-state index contributed by atoms with van der Waals surface area (Å²) in [5.74, 6) is -1.68. The van der Waals surface area contributed by atoms with E-state index in [1.807, 2.05) is 24.3 Å². The molecule has 1 amide bonds. The van der Waals surface area contributed by atoms with E-state index in [4.69, 9.17) is 5.11 Å². The third kappa shape index (κ3) is 1.93. The summed E-state index contributed by atoms with van der Waals surface area (Å²) < 4.78 is 1.69. The number of nitrogens with one attached hydrogen (secondary N) is 1. The number of hydrogen-bond donors (Lipinski definition) is 2. The first-order valence-corrected chi connectivity index (χ1v) is 6.53. The Labute approximate surface area is 115 Å². The van der Waals surface area contributed by atoms with Crippen molar-refractivity contribution >= 4 is 28.6 Å². The first-order valence-electron chi connectivity index (χ1n) is 6.53. The molecule has 0 spiro atoms. The highest BCUT2D eigenvalue weighted by Gasteiger charge is 2.41. The van der Waals surface area contributed by atoms with E-state index in [9.17, 15) is 9.59 Å². The summed E-state index contributed by atoms with van der Waals surface area (Å²) in [5, 5.41) is 16.9. The van der Waals surface area contributed by atoms with Crippen molar-refractivity contribution < 1.29 is 14.7 Å². The van der Waals surface area contributed by atoms with E-state index in [1.165, 1.54) is 0 Å². The molecule has 3 rings (SSSR count). The summed E-state index contributed by atoms with van der Waals surface area (Å²) in [7, 11) is 1.81. The number of fused-ring (bicyclic) bond motifs is 1. The molecular weight excluding hydrogens is 258 g/mol. The van der Waals surface area contributed by atoms with Crippen LogP contribution in [0.15, 0.2) is 24.3 Å². The standard InChI is InChI=1S/C14H15N3O3/c1-17-11-5-3-2-4-10(11)12(16-17)15-13(18)8-6-7-9(8)14(19)20/h2-5,8-9H,6-7H2,1H3,(H,19,20)(H,15,16,18)/t8-,9-/m1/s1. The van der Waals surface area contributed by atoms with Gasteiger partial charge in [-0.15, -0.1) is 0 Å². The summed E-state index contributed by atoms with van der Waals surface area (Å²) in [6.45, 7) is 0. The van der Waals surface area contributed by atoms with Crippen LogP contribution < -0.4 is 5.32 Å². The van der Waals surface area contributed by atoms with Crippen LogP contribution in [0.3, 0.4) is 0 Å². The molecule has 1 fully saturated rings. The number of nitrogens with zero attached hydrogens (tertiary/aromatic N) is 2. The number of aliphatic carboxylic acids is 1. The third-order valence-corrected chi connectivity index (χ3v) is 3.93. The monoisotopic (exact) mass is 273 g/mol. The second-order valence-corrected chi connectivity index (χ2v) is 5.11. The molecule has 0 aliphatic heterocycles. The molecule has 1 heterocycles. The molecular formula is C14H15N3O3. The lowest BCUT2D eigenvalue weighted by Crippen LogP contribution is -2.41. The van der Waals surface area contributed by atoms with Crippen LogP contribution in [-0.2, 0) is 16.6 Å². The minimum absolute atomic E-state index is 0.257. The normalized spacial score (nSPS) is 21.4. The molecule has 1 saturated carbocycles. The Morgan fingerprint density at radius 2 is 2.00 bits per heavy atom. The topological polar surface area (TPSA) is 84.2 Å². The number of rotatable bonds is 3. The van der Waals surface area contributed by atoms with Gasteiger partial charge in [0.2, 0.25) is 5.91 Å². The zero-order valence-corrected chi connectivity index (χ0v) is 11.0. The fraction of sp³-hybridized carbons (Fsp3) is 0.357. The molecule has 1 aromatic carbocycles. The molecule has 20 heavy (non-hydrogen) atoms. The third-order valence-electron chi connectivity index (χ3n) is 3.93. The number of carboxylic acid groups (broad SMARTS) is 1. The number of carbonyl (C=O) groups excluding carboxylic acids is 1. The Bertz CT molecular complexity index is 692. The van der Waals surface area contributed by atoms with Gasteiger partial charge >= 0.3 is 5.97 Å². The molecule has 104 valence electrons. The van der Waals surface area contributed by atoms with Gasteiger partial charge < -0.3 is 10.4 Å². The second-order valence-electron chi connectivity index (χ2n) is 5.11. The van der Waals surface area contributed by atoms with Crippen LogP contribution >= 0.6 is 0 Å². The lowest BCUT2D eigenvalue weighted by Gasteiger charge is -2.31. The van der Waals surface area contributed by atoms with Crippen LogP contribution in [-0.4, -0.2) is 26.8 Å².